The quantitative estimate of drug-likeness (QED) is 0.798. The van der Waals surface area contributed by atoms with Crippen molar-refractivity contribution in [3.05, 3.63) is 30.1 Å². The molecule has 0 radical (unpaired) electrons. The molecule has 92 valence electrons. The molecule has 0 spiro atoms. The topological polar surface area (TPSA) is 54.5 Å². The summed E-state index contributed by atoms with van der Waals surface area (Å²) in [5.41, 5.74) is 0.406. The summed E-state index contributed by atoms with van der Waals surface area (Å²) in [6.07, 6.45) is 0. The van der Waals surface area contributed by atoms with Crippen molar-refractivity contribution in [2.24, 2.45) is 7.05 Å². The number of thioether (sulfide) groups is 1. The Morgan fingerprint density at radius 2 is 2.11 bits per heavy atom. The Bertz CT molecular complexity index is 602. The third-order valence-electron chi connectivity index (χ3n) is 2.41. The lowest BCUT2D eigenvalue weighted by Crippen LogP contribution is -1.99. The molecule has 2 aromatic rings. The van der Waals surface area contributed by atoms with Crippen LogP contribution in [0.5, 0.6) is 0 Å². The number of hydrogen-bond acceptors (Lipinski definition) is 4. The predicted octanol–water partition coefficient (Wildman–Crippen LogP) is 2.63. The van der Waals surface area contributed by atoms with Crippen molar-refractivity contribution in [1.29, 1.82) is 5.26 Å². The van der Waals surface area contributed by atoms with E-state index in [0.29, 0.717) is 16.5 Å². The summed E-state index contributed by atoms with van der Waals surface area (Å²) >= 11 is 1.30. The Hall–Kier alpha value is -1.87. The minimum absolute atomic E-state index is 0.221. The van der Waals surface area contributed by atoms with E-state index in [0.717, 1.165) is 0 Å². The minimum Gasteiger partial charge on any atom is -0.305 e. The first kappa shape index (κ1) is 12.6. The van der Waals surface area contributed by atoms with Crippen LogP contribution in [0.25, 0.3) is 11.4 Å². The summed E-state index contributed by atoms with van der Waals surface area (Å²) in [5, 5.41) is 17.1. The molecule has 0 amide bonds. The molecule has 6 heteroatoms. The highest BCUT2D eigenvalue weighted by atomic mass is 32.2. The van der Waals surface area contributed by atoms with Gasteiger partial charge in [-0.1, -0.05) is 23.9 Å². The highest BCUT2D eigenvalue weighted by molar-refractivity contribution is 8.00. The summed E-state index contributed by atoms with van der Waals surface area (Å²) in [6.45, 7) is 1.78. The van der Waals surface area contributed by atoms with Gasteiger partial charge in [0.1, 0.15) is 5.82 Å². The van der Waals surface area contributed by atoms with Gasteiger partial charge in [-0.05, 0) is 19.1 Å². The van der Waals surface area contributed by atoms with E-state index in [1.54, 1.807) is 36.7 Å². The molecule has 0 saturated heterocycles. The largest absolute Gasteiger partial charge is 0.305 e. The van der Waals surface area contributed by atoms with E-state index in [1.165, 1.54) is 17.8 Å². The van der Waals surface area contributed by atoms with E-state index in [2.05, 4.69) is 16.3 Å². The summed E-state index contributed by atoms with van der Waals surface area (Å²) < 4.78 is 15.3. The maximum atomic E-state index is 13.7. The second kappa shape index (κ2) is 5.19. The molecule has 0 aliphatic rings. The first-order valence-corrected chi connectivity index (χ1v) is 6.22. The van der Waals surface area contributed by atoms with Gasteiger partial charge in [-0.3, -0.25) is 0 Å². The third kappa shape index (κ3) is 2.36. The van der Waals surface area contributed by atoms with E-state index in [-0.39, 0.29) is 11.1 Å². The zero-order chi connectivity index (χ0) is 13.1. The third-order valence-corrected chi connectivity index (χ3v) is 3.44. The molecule has 0 bridgehead atoms. The molecule has 0 N–H and O–H groups in total. The van der Waals surface area contributed by atoms with Gasteiger partial charge in [0.2, 0.25) is 0 Å². The maximum absolute atomic E-state index is 13.7. The minimum atomic E-state index is -0.335. The fraction of sp³-hybridized carbons (Fsp3) is 0.250. The van der Waals surface area contributed by atoms with Crippen LogP contribution in [-0.4, -0.2) is 20.0 Å². The number of benzene rings is 1. The van der Waals surface area contributed by atoms with Crippen LogP contribution in [0.3, 0.4) is 0 Å². The van der Waals surface area contributed by atoms with Crippen molar-refractivity contribution in [1.82, 2.24) is 14.8 Å². The summed E-state index contributed by atoms with van der Waals surface area (Å²) in [6, 6.07) is 8.52. The van der Waals surface area contributed by atoms with Crippen LogP contribution in [0.4, 0.5) is 4.39 Å². The molecule has 0 fully saturated rings. The van der Waals surface area contributed by atoms with Crippen LogP contribution in [0.1, 0.15) is 6.92 Å². The molecule has 1 aromatic heterocycles. The standard InChI is InChI=1S/C12H11FN4S/c1-8(7-14)18-12-16-15-11(17(12)2)9-5-3-4-6-10(9)13/h3-6,8H,1-2H3/t8-/m1/s1. The summed E-state index contributed by atoms with van der Waals surface area (Å²) in [4.78, 5) is 0. The number of nitrogens with zero attached hydrogens (tertiary/aromatic N) is 4. The zero-order valence-electron chi connectivity index (χ0n) is 9.96. The van der Waals surface area contributed by atoms with Gasteiger partial charge in [0.25, 0.3) is 0 Å². The van der Waals surface area contributed by atoms with Gasteiger partial charge in [-0.25, -0.2) is 4.39 Å². The molecule has 2 rings (SSSR count). The van der Waals surface area contributed by atoms with Crippen molar-refractivity contribution in [2.45, 2.75) is 17.3 Å². The van der Waals surface area contributed by atoms with E-state index < -0.39 is 0 Å². The SMILES string of the molecule is C[C@H](C#N)Sc1nnc(-c2ccccc2F)n1C. The maximum Gasteiger partial charge on any atom is 0.192 e. The Balaban J connectivity index is 2.38. The summed E-state index contributed by atoms with van der Waals surface area (Å²) in [5.74, 6) is 0.124. The van der Waals surface area contributed by atoms with Gasteiger partial charge in [0.15, 0.2) is 11.0 Å². The Kier molecular flexibility index (Phi) is 3.63. The molecule has 0 unspecified atom stereocenters. The van der Waals surface area contributed by atoms with Gasteiger partial charge < -0.3 is 4.57 Å². The molecule has 0 saturated carbocycles. The van der Waals surface area contributed by atoms with E-state index >= 15 is 0 Å². The van der Waals surface area contributed by atoms with Crippen molar-refractivity contribution in [3.63, 3.8) is 0 Å². The van der Waals surface area contributed by atoms with Crippen molar-refractivity contribution in [3.8, 4) is 17.5 Å². The van der Waals surface area contributed by atoms with Crippen LogP contribution in [0.15, 0.2) is 29.4 Å². The molecule has 1 atom stereocenters. The van der Waals surface area contributed by atoms with Gasteiger partial charge in [-0.15, -0.1) is 10.2 Å². The molecular formula is C12H11FN4S. The van der Waals surface area contributed by atoms with Gasteiger partial charge in [0, 0.05) is 7.05 Å². The Morgan fingerprint density at radius 1 is 1.39 bits per heavy atom. The second-order valence-corrected chi connectivity index (χ2v) is 5.04. The second-order valence-electron chi connectivity index (χ2n) is 3.73. The lowest BCUT2D eigenvalue weighted by atomic mass is 10.2. The highest BCUT2D eigenvalue weighted by Crippen LogP contribution is 2.26. The number of nitriles is 1. The van der Waals surface area contributed by atoms with E-state index in [1.807, 2.05) is 0 Å². The monoisotopic (exact) mass is 262 g/mol. The van der Waals surface area contributed by atoms with Gasteiger partial charge in [-0.2, -0.15) is 5.26 Å². The van der Waals surface area contributed by atoms with Crippen molar-refractivity contribution in [2.75, 3.05) is 0 Å². The highest BCUT2D eigenvalue weighted by Gasteiger charge is 2.15. The van der Waals surface area contributed by atoms with Crippen LogP contribution in [-0.2, 0) is 7.05 Å². The predicted molar refractivity (Wildman–Crippen MR) is 67.3 cm³/mol. The Labute approximate surface area is 108 Å². The molecule has 18 heavy (non-hydrogen) atoms. The van der Waals surface area contributed by atoms with Gasteiger partial charge >= 0.3 is 0 Å². The average molecular weight is 262 g/mol. The summed E-state index contributed by atoms with van der Waals surface area (Å²) in [7, 11) is 1.76. The number of rotatable bonds is 3. The molecule has 0 aliphatic heterocycles. The first-order chi connectivity index (χ1) is 8.63. The fourth-order valence-corrected chi connectivity index (χ4v) is 2.18. The molecule has 1 heterocycles. The Morgan fingerprint density at radius 3 is 2.78 bits per heavy atom. The van der Waals surface area contributed by atoms with E-state index in [4.69, 9.17) is 5.26 Å². The smallest absolute Gasteiger partial charge is 0.192 e. The van der Waals surface area contributed by atoms with Crippen LogP contribution in [0, 0.1) is 17.1 Å². The molecule has 0 aliphatic carbocycles. The van der Waals surface area contributed by atoms with Crippen LogP contribution >= 0.6 is 11.8 Å². The first-order valence-electron chi connectivity index (χ1n) is 5.34. The average Bonchev–Trinajstić information content (AvgIpc) is 2.72. The van der Waals surface area contributed by atoms with Crippen LogP contribution < -0.4 is 0 Å². The number of aromatic nitrogens is 3. The molecular weight excluding hydrogens is 251 g/mol. The molecule has 1 aromatic carbocycles. The van der Waals surface area contributed by atoms with Crippen molar-refractivity contribution >= 4 is 11.8 Å². The normalized spacial score (nSPS) is 12.1. The van der Waals surface area contributed by atoms with E-state index in [9.17, 15) is 4.39 Å². The lowest BCUT2D eigenvalue weighted by molar-refractivity contribution is 0.628. The fourth-order valence-electron chi connectivity index (χ4n) is 1.48. The zero-order valence-corrected chi connectivity index (χ0v) is 10.8. The van der Waals surface area contributed by atoms with Crippen LogP contribution in [0.2, 0.25) is 0 Å². The lowest BCUT2D eigenvalue weighted by Gasteiger charge is -2.05. The number of hydrogen-bond donors (Lipinski definition) is 0. The molecule has 4 nitrogen and oxygen atoms in total. The van der Waals surface area contributed by atoms with Crippen molar-refractivity contribution < 1.29 is 4.39 Å². The van der Waals surface area contributed by atoms with Gasteiger partial charge in [0.05, 0.1) is 16.9 Å². The number of halogens is 1.